The predicted molar refractivity (Wildman–Crippen MR) is 103 cm³/mol. The Morgan fingerprint density at radius 3 is 2.38 bits per heavy atom. The van der Waals surface area contributed by atoms with Gasteiger partial charge in [0, 0.05) is 7.11 Å². The van der Waals surface area contributed by atoms with Gasteiger partial charge in [0.1, 0.15) is 5.75 Å². The SMILES string of the molecule is COCOc1ccc(Cc2ccc(C(=O)OC)c(C)c2C)cc1C(C)C. The van der Waals surface area contributed by atoms with Crippen LogP contribution in [0.5, 0.6) is 5.75 Å². The lowest BCUT2D eigenvalue weighted by molar-refractivity contribution is 0.0502. The van der Waals surface area contributed by atoms with Crippen molar-refractivity contribution in [3.8, 4) is 5.75 Å². The molecular formula is C22H28O4. The van der Waals surface area contributed by atoms with Crippen LogP contribution in [0.25, 0.3) is 0 Å². The normalized spacial score (nSPS) is 10.9. The summed E-state index contributed by atoms with van der Waals surface area (Å²) in [5, 5.41) is 0. The van der Waals surface area contributed by atoms with Gasteiger partial charge in [0.25, 0.3) is 0 Å². The van der Waals surface area contributed by atoms with Crippen LogP contribution in [0.4, 0.5) is 0 Å². The van der Waals surface area contributed by atoms with E-state index in [-0.39, 0.29) is 12.8 Å². The highest BCUT2D eigenvalue weighted by Gasteiger charge is 2.14. The smallest absolute Gasteiger partial charge is 0.338 e. The lowest BCUT2D eigenvalue weighted by Crippen LogP contribution is -2.07. The van der Waals surface area contributed by atoms with Crippen molar-refractivity contribution in [2.45, 2.75) is 40.0 Å². The molecule has 0 bridgehead atoms. The summed E-state index contributed by atoms with van der Waals surface area (Å²) in [5.41, 5.74) is 6.31. The van der Waals surface area contributed by atoms with Crippen LogP contribution in [0, 0.1) is 13.8 Å². The number of methoxy groups -OCH3 is 2. The first kappa shape index (κ1) is 20.0. The fraction of sp³-hybridized carbons (Fsp3) is 0.409. The van der Waals surface area contributed by atoms with Crippen molar-refractivity contribution in [1.82, 2.24) is 0 Å². The van der Waals surface area contributed by atoms with Gasteiger partial charge >= 0.3 is 5.97 Å². The zero-order valence-corrected chi connectivity index (χ0v) is 16.5. The maximum Gasteiger partial charge on any atom is 0.338 e. The minimum atomic E-state index is -0.293. The van der Waals surface area contributed by atoms with Gasteiger partial charge in [-0.1, -0.05) is 32.0 Å². The molecule has 0 aromatic heterocycles. The minimum absolute atomic E-state index is 0.242. The van der Waals surface area contributed by atoms with E-state index in [1.54, 1.807) is 7.11 Å². The van der Waals surface area contributed by atoms with Gasteiger partial charge in [0.15, 0.2) is 6.79 Å². The van der Waals surface area contributed by atoms with E-state index >= 15 is 0 Å². The van der Waals surface area contributed by atoms with Crippen molar-refractivity contribution in [2.24, 2.45) is 0 Å². The van der Waals surface area contributed by atoms with Crippen LogP contribution < -0.4 is 4.74 Å². The molecule has 0 N–H and O–H groups in total. The molecule has 0 radical (unpaired) electrons. The fourth-order valence-electron chi connectivity index (χ4n) is 3.03. The summed E-state index contributed by atoms with van der Waals surface area (Å²) in [4.78, 5) is 11.9. The van der Waals surface area contributed by atoms with E-state index in [4.69, 9.17) is 14.2 Å². The molecule has 140 valence electrons. The fourth-order valence-corrected chi connectivity index (χ4v) is 3.03. The van der Waals surface area contributed by atoms with E-state index in [1.807, 2.05) is 25.1 Å². The molecule has 0 aliphatic carbocycles. The van der Waals surface area contributed by atoms with E-state index < -0.39 is 0 Å². The van der Waals surface area contributed by atoms with Gasteiger partial charge in [-0.2, -0.15) is 0 Å². The number of carbonyl (C=O) groups excluding carboxylic acids is 1. The molecule has 2 aromatic rings. The summed E-state index contributed by atoms with van der Waals surface area (Å²) >= 11 is 0. The molecule has 0 heterocycles. The van der Waals surface area contributed by atoms with Crippen LogP contribution >= 0.6 is 0 Å². The second-order valence-corrected chi connectivity index (χ2v) is 6.77. The molecule has 2 rings (SSSR count). The highest BCUT2D eigenvalue weighted by atomic mass is 16.7. The highest BCUT2D eigenvalue weighted by molar-refractivity contribution is 5.91. The minimum Gasteiger partial charge on any atom is -0.467 e. The average Bonchev–Trinajstić information content (AvgIpc) is 2.63. The van der Waals surface area contributed by atoms with Crippen LogP contribution in [-0.4, -0.2) is 27.0 Å². The topological polar surface area (TPSA) is 44.8 Å². The summed E-state index contributed by atoms with van der Waals surface area (Å²) in [7, 11) is 3.03. The van der Waals surface area contributed by atoms with Crippen molar-refractivity contribution in [3.63, 3.8) is 0 Å². The second-order valence-electron chi connectivity index (χ2n) is 6.77. The third-order valence-electron chi connectivity index (χ3n) is 4.73. The van der Waals surface area contributed by atoms with Crippen molar-refractivity contribution < 1.29 is 19.0 Å². The molecule has 0 fully saturated rings. The monoisotopic (exact) mass is 356 g/mol. The molecule has 0 unspecified atom stereocenters. The molecule has 0 atom stereocenters. The molecule has 0 spiro atoms. The molecule has 26 heavy (non-hydrogen) atoms. The second kappa shape index (κ2) is 8.86. The van der Waals surface area contributed by atoms with Crippen LogP contribution in [0.1, 0.15) is 57.9 Å². The summed E-state index contributed by atoms with van der Waals surface area (Å²) < 4.78 is 15.5. The Bertz CT molecular complexity index is 778. The van der Waals surface area contributed by atoms with Gasteiger partial charge in [-0.15, -0.1) is 0 Å². The van der Waals surface area contributed by atoms with Gasteiger partial charge < -0.3 is 14.2 Å². The third-order valence-corrected chi connectivity index (χ3v) is 4.73. The Balaban J connectivity index is 2.32. The van der Waals surface area contributed by atoms with Crippen LogP contribution in [0.3, 0.4) is 0 Å². The van der Waals surface area contributed by atoms with Crippen LogP contribution in [-0.2, 0) is 15.9 Å². The van der Waals surface area contributed by atoms with Crippen molar-refractivity contribution in [3.05, 3.63) is 63.7 Å². The Morgan fingerprint density at radius 1 is 1.04 bits per heavy atom. The number of esters is 1. The first-order valence-corrected chi connectivity index (χ1v) is 8.81. The molecule has 0 saturated carbocycles. The molecule has 2 aromatic carbocycles. The standard InChI is InChI=1S/C22H28O4/c1-14(2)20-12-17(7-10-21(20)26-13-24-5)11-18-8-9-19(22(23)25-6)16(4)15(18)3/h7-10,12,14H,11,13H2,1-6H3. The van der Waals surface area contributed by atoms with Gasteiger partial charge in [0.2, 0.25) is 0 Å². The van der Waals surface area contributed by atoms with Crippen LogP contribution in [0.2, 0.25) is 0 Å². The summed E-state index contributed by atoms with van der Waals surface area (Å²) in [6.45, 7) is 8.56. The van der Waals surface area contributed by atoms with Gasteiger partial charge in [-0.3, -0.25) is 0 Å². The molecule has 0 saturated heterocycles. The summed E-state index contributed by atoms with van der Waals surface area (Å²) in [6.07, 6.45) is 0.804. The lowest BCUT2D eigenvalue weighted by Gasteiger charge is -2.16. The zero-order chi connectivity index (χ0) is 19.3. The maximum absolute atomic E-state index is 11.9. The Morgan fingerprint density at radius 2 is 1.77 bits per heavy atom. The molecular weight excluding hydrogens is 328 g/mol. The van der Waals surface area contributed by atoms with E-state index in [9.17, 15) is 4.79 Å². The molecule has 0 amide bonds. The maximum atomic E-state index is 11.9. The van der Waals surface area contributed by atoms with Gasteiger partial charge in [0.05, 0.1) is 12.7 Å². The third kappa shape index (κ3) is 4.44. The number of benzene rings is 2. The molecule has 4 nitrogen and oxygen atoms in total. The average molecular weight is 356 g/mol. The number of hydrogen-bond acceptors (Lipinski definition) is 4. The van der Waals surface area contributed by atoms with E-state index in [2.05, 4.69) is 32.9 Å². The zero-order valence-electron chi connectivity index (χ0n) is 16.5. The first-order valence-electron chi connectivity index (χ1n) is 8.81. The summed E-state index contributed by atoms with van der Waals surface area (Å²) in [5.74, 6) is 0.921. The quantitative estimate of drug-likeness (QED) is 0.529. The summed E-state index contributed by atoms with van der Waals surface area (Å²) in [6, 6.07) is 10.1. The highest BCUT2D eigenvalue weighted by Crippen LogP contribution is 2.29. The van der Waals surface area contributed by atoms with Gasteiger partial charge in [-0.05, 0) is 66.1 Å². The Kier molecular flexibility index (Phi) is 6.81. The number of carbonyl (C=O) groups is 1. The van der Waals surface area contributed by atoms with Gasteiger partial charge in [-0.25, -0.2) is 4.79 Å². The predicted octanol–water partition coefficient (Wildman–Crippen LogP) is 4.79. The molecule has 0 aliphatic rings. The van der Waals surface area contributed by atoms with E-state index in [0.717, 1.165) is 23.3 Å². The van der Waals surface area contributed by atoms with Crippen molar-refractivity contribution >= 4 is 5.97 Å². The van der Waals surface area contributed by atoms with Crippen molar-refractivity contribution in [1.29, 1.82) is 0 Å². The van der Waals surface area contributed by atoms with E-state index in [1.165, 1.54) is 23.8 Å². The number of rotatable bonds is 7. The first-order chi connectivity index (χ1) is 12.4. The largest absolute Gasteiger partial charge is 0.467 e. The molecule has 0 aliphatic heterocycles. The van der Waals surface area contributed by atoms with Crippen molar-refractivity contribution in [2.75, 3.05) is 21.0 Å². The number of ether oxygens (including phenoxy) is 3. The molecule has 4 heteroatoms. The lowest BCUT2D eigenvalue weighted by atomic mass is 9.92. The van der Waals surface area contributed by atoms with E-state index in [0.29, 0.717) is 11.5 Å². The van der Waals surface area contributed by atoms with Crippen LogP contribution in [0.15, 0.2) is 30.3 Å². The Labute approximate surface area is 156 Å². The number of hydrogen-bond donors (Lipinski definition) is 0. The Hall–Kier alpha value is -2.33.